The standard InChI is InChI=1S/C26H30N2O4/c1-31-18-19-9-7-10-20(17-19)26(30)28-15-8-12-22-23(28)13-3-2-6-16-32-24-14-5-4-11-21(24)25(29)27-22/h2-5,7,9-11,14,17,22-23H,6,8,12-13,15-16,18H2,1H3,(H,27,29)/b3-2+/t22-,23-/m0/s1. The SMILES string of the molecule is COCc1cccc(C(=O)N2CCC[C@@H]3NC(=O)c4ccccc4OCC/C=C/C[C@@H]32)c1. The van der Waals surface area contributed by atoms with Crippen molar-refractivity contribution in [1.82, 2.24) is 10.2 Å². The highest BCUT2D eigenvalue weighted by atomic mass is 16.5. The average Bonchev–Trinajstić information content (AvgIpc) is 2.81. The molecule has 1 N–H and O–H groups in total. The highest BCUT2D eigenvalue weighted by molar-refractivity contribution is 5.97. The summed E-state index contributed by atoms with van der Waals surface area (Å²) in [5.74, 6) is 0.432. The highest BCUT2D eigenvalue weighted by Gasteiger charge is 2.35. The van der Waals surface area contributed by atoms with Crippen LogP contribution >= 0.6 is 0 Å². The Morgan fingerprint density at radius 2 is 2.06 bits per heavy atom. The van der Waals surface area contributed by atoms with Gasteiger partial charge in [-0.15, -0.1) is 0 Å². The van der Waals surface area contributed by atoms with Crippen LogP contribution in [0.15, 0.2) is 60.7 Å². The largest absolute Gasteiger partial charge is 0.492 e. The van der Waals surface area contributed by atoms with Crippen molar-refractivity contribution in [3.63, 3.8) is 0 Å². The lowest BCUT2D eigenvalue weighted by Crippen LogP contribution is -2.57. The first kappa shape index (κ1) is 22.1. The van der Waals surface area contributed by atoms with E-state index in [4.69, 9.17) is 9.47 Å². The lowest BCUT2D eigenvalue weighted by molar-refractivity contribution is 0.0530. The topological polar surface area (TPSA) is 67.9 Å². The molecule has 0 spiro atoms. The molecule has 6 nitrogen and oxygen atoms in total. The number of ether oxygens (including phenoxy) is 2. The summed E-state index contributed by atoms with van der Waals surface area (Å²) < 4.78 is 11.0. The van der Waals surface area contributed by atoms with Gasteiger partial charge >= 0.3 is 0 Å². The maximum absolute atomic E-state index is 13.5. The quantitative estimate of drug-likeness (QED) is 0.743. The van der Waals surface area contributed by atoms with Crippen molar-refractivity contribution in [2.75, 3.05) is 20.3 Å². The monoisotopic (exact) mass is 434 g/mol. The van der Waals surface area contributed by atoms with Gasteiger partial charge in [-0.05, 0) is 55.5 Å². The van der Waals surface area contributed by atoms with Gasteiger partial charge in [-0.1, -0.05) is 36.4 Å². The molecule has 1 fully saturated rings. The molecule has 4 rings (SSSR count). The van der Waals surface area contributed by atoms with Crippen molar-refractivity contribution in [2.24, 2.45) is 0 Å². The second-order valence-corrected chi connectivity index (χ2v) is 8.26. The molecule has 0 bridgehead atoms. The molecule has 2 atom stereocenters. The number of amides is 2. The molecule has 0 radical (unpaired) electrons. The molecule has 2 aliphatic heterocycles. The van der Waals surface area contributed by atoms with Gasteiger partial charge in [-0.2, -0.15) is 0 Å². The van der Waals surface area contributed by atoms with E-state index in [1.165, 1.54) is 0 Å². The van der Waals surface area contributed by atoms with Crippen molar-refractivity contribution in [3.05, 3.63) is 77.4 Å². The Bertz CT molecular complexity index is 987. The summed E-state index contributed by atoms with van der Waals surface area (Å²) in [6, 6.07) is 14.7. The number of likely N-dealkylation sites (tertiary alicyclic amines) is 1. The lowest BCUT2D eigenvalue weighted by atomic mass is 9.91. The Hall–Kier alpha value is -3.12. The molecule has 0 aliphatic carbocycles. The minimum atomic E-state index is -0.156. The third-order valence-electron chi connectivity index (χ3n) is 6.06. The van der Waals surface area contributed by atoms with E-state index in [0.29, 0.717) is 43.1 Å². The van der Waals surface area contributed by atoms with Crippen LogP contribution in [0.1, 0.15) is 52.0 Å². The molecular formula is C26H30N2O4. The summed E-state index contributed by atoms with van der Waals surface area (Å²) >= 11 is 0. The fraction of sp³-hybridized carbons (Fsp3) is 0.385. The molecule has 1 saturated heterocycles. The third kappa shape index (κ3) is 5.02. The van der Waals surface area contributed by atoms with Crippen LogP contribution in [0.2, 0.25) is 0 Å². The van der Waals surface area contributed by atoms with E-state index in [2.05, 4.69) is 17.5 Å². The van der Waals surface area contributed by atoms with E-state index in [1.807, 2.05) is 47.4 Å². The average molecular weight is 435 g/mol. The Morgan fingerprint density at radius 1 is 1.19 bits per heavy atom. The normalized spacial score (nSPS) is 22.3. The highest BCUT2D eigenvalue weighted by Crippen LogP contribution is 2.26. The number of rotatable bonds is 3. The summed E-state index contributed by atoms with van der Waals surface area (Å²) in [5.41, 5.74) is 2.15. The molecule has 2 amide bonds. The molecule has 2 aromatic carbocycles. The molecule has 2 aliphatic rings. The molecule has 2 aromatic rings. The molecular weight excluding hydrogens is 404 g/mol. The number of piperidine rings is 1. The Balaban J connectivity index is 1.61. The maximum atomic E-state index is 13.5. The van der Waals surface area contributed by atoms with Crippen LogP contribution in [0.4, 0.5) is 0 Å². The van der Waals surface area contributed by atoms with Gasteiger partial charge < -0.3 is 19.7 Å². The zero-order valence-corrected chi connectivity index (χ0v) is 18.5. The summed E-state index contributed by atoms with van der Waals surface area (Å²) in [5, 5.41) is 3.19. The maximum Gasteiger partial charge on any atom is 0.255 e. The Morgan fingerprint density at radius 3 is 2.94 bits per heavy atom. The number of hydrogen-bond donors (Lipinski definition) is 1. The van der Waals surface area contributed by atoms with Crippen LogP contribution < -0.4 is 10.1 Å². The molecule has 0 saturated carbocycles. The van der Waals surface area contributed by atoms with Crippen molar-refractivity contribution < 1.29 is 19.1 Å². The van der Waals surface area contributed by atoms with Crippen LogP contribution in [-0.4, -0.2) is 49.1 Å². The smallest absolute Gasteiger partial charge is 0.255 e. The first-order valence-corrected chi connectivity index (χ1v) is 11.2. The molecule has 0 aromatic heterocycles. The summed E-state index contributed by atoms with van der Waals surface area (Å²) in [6.45, 7) is 1.65. The minimum Gasteiger partial charge on any atom is -0.492 e. The number of nitrogens with one attached hydrogen (secondary N) is 1. The van der Waals surface area contributed by atoms with Crippen LogP contribution in [0.5, 0.6) is 5.75 Å². The van der Waals surface area contributed by atoms with Gasteiger partial charge in [0.1, 0.15) is 5.75 Å². The van der Waals surface area contributed by atoms with Crippen molar-refractivity contribution >= 4 is 11.8 Å². The Labute approximate surface area is 189 Å². The number of para-hydroxylation sites is 1. The van der Waals surface area contributed by atoms with Crippen molar-refractivity contribution in [2.45, 2.75) is 44.4 Å². The first-order valence-electron chi connectivity index (χ1n) is 11.2. The van der Waals surface area contributed by atoms with Crippen LogP contribution in [0.3, 0.4) is 0 Å². The summed E-state index contributed by atoms with van der Waals surface area (Å²) in [6.07, 6.45) is 7.32. The van der Waals surface area contributed by atoms with Gasteiger partial charge in [-0.3, -0.25) is 9.59 Å². The van der Waals surface area contributed by atoms with E-state index in [1.54, 1.807) is 13.2 Å². The van der Waals surface area contributed by atoms with Gasteiger partial charge in [0.05, 0.1) is 24.8 Å². The van der Waals surface area contributed by atoms with Gasteiger partial charge in [0.25, 0.3) is 11.8 Å². The molecule has 0 unspecified atom stereocenters. The van der Waals surface area contributed by atoms with Crippen molar-refractivity contribution in [3.8, 4) is 5.75 Å². The van der Waals surface area contributed by atoms with Crippen LogP contribution in [0.25, 0.3) is 0 Å². The van der Waals surface area contributed by atoms with E-state index < -0.39 is 0 Å². The van der Waals surface area contributed by atoms with Gasteiger partial charge in [-0.25, -0.2) is 0 Å². The lowest BCUT2D eigenvalue weighted by Gasteiger charge is -2.41. The summed E-state index contributed by atoms with van der Waals surface area (Å²) in [7, 11) is 1.65. The zero-order chi connectivity index (χ0) is 22.3. The molecule has 168 valence electrons. The number of benzene rings is 2. The Kier molecular flexibility index (Phi) is 7.22. The van der Waals surface area contributed by atoms with E-state index in [0.717, 1.165) is 24.8 Å². The van der Waals surface area contributed by atoms with Gasteiger partial charge in [0, 0.05) is 25.3 Å². The first-order chi connectivity index (χ1) is 15.7. The number of methoxy groups -OCH3 is 1. The van der Waals surface area contributed by atoms with E-state index in [9.17, 15) is 9.59 Å². The number of carbonyl (C=O) groups excluding carboxylic acids is 2. The molecule has 6 heteroatoms. The zero-order valence-electron chi connectivity index (χ0n) is 18.5. The van der Waals surface area contributed by atoms with E-state index >= 15 is 0 Å². The van der Waals surface area contributed by atoms with Crippen LogP contribution in [0, 0.1) is 0 Å². The molecule has 32 heavy (non-hydrogen) atoms. The summed E-state index contributed by atoms with van der Waals surface area (Å²) in [4.78, 5) is 28.5. The number of carbonyl (C=O) groups is 2. The van der Waals surface area contributed by atoms with Crippen molar-refractivity contribution in [1.29, 1.82) is 0 Å². The number of fused-ring (bicyclic) bond motifs is 2. The second-order valence-electron chi connectivity index (χ2n) is 8.26. The van der Waals surface area contributed by atoms with Gasteiger partial charge in [0.15, 0.2) is 0 Å². The number of hydrogen-bond acceptors (Lipinski definition) is 4. The van der Waals surface area contributed by atoms with E-state index in [-0.39, 0.29) is 23.9 Å². The predicted molar refractivity (Wildman–Crippen MR) is 123 cm³/mol. The third-order valence-corrected chi connectivity index (χ3v) is 6.06. The second kappa shape index (κ2) is 10.5. The molecule has 2 heterocycles. The van der Waals surface area contributed by atoms with Gasteiger partial charge in [0.2, 0.25) is 0 Å². The fourth-order valence-electron chi connectivity index (χ4n) is 4.51. The number of nitrogens with zero attached hydrogens (tertiary/aromatic N) is 1. The fourth-order valence-corrected chi connectivity index (χ4v) is 4.51. The predicted octanol–water partition coefficient (Wildman–Crippen LogP) is 3.97. The van der Waals surface area contributed by atoms with Crippen LogP contribution in [-0.2, 0) is 11.3 Å². The minimum absolute atomic E-state index is 0.00358.